The highest BCUT2D eigenvalue weighted by Gasteiger charge is 2.37. The molecule has 0 saturated carbocycles. The topological polar surface area (TPSA) is 54.3 Å². The van der Waals surface area contributed by atoms with Gasteiger partial charge in [-0.05, 0) is 18.8 Å². The molecule has 122 valence electrons. The molecule has 0 spiro atoms. The number of nitrogens with zero attached hydrogens (tertiary/aromatic N) is 5. The summed E-state index contributed by atoms with van der Waals surface area (Å²) in [5.74, 6) is 0.798. The molecule has 3 aliphatic heterocycles. The third-order valence-electron chi connectivity index (χ3n) is 4.86. The molecule has 0 radical (unpaired) electrons. The fourth-order valence-corrected chi connectivity index (χ4v) is 4.34. The molecule has 6 nitrogen and oxygen atoms in total. The van der Waals surface area contributed by atoms with Crippen molar-refractivity contribution in [2.45, 2.75) is 32.0 Å². The minimum atomic E-state index is 0.216. The highest BCUT2D eigenvalue weighted by Crippen LogP contribution is 2.29. The van der Waals surface area contributed by atoms with Crippen molar-refractivity contribution in [2.75, 3.05) is 19.6 Å². The van der Waals surface area contributed by atoms with E-state index >= 15 is 0 Å². The van der Waals surface area contributed by atoms with Gasteiger partial charge in [-0.3, -0.25) is 9.69 Å². The minimum Gasteiger partial charge on any atom is -0.337 e. The summed E-state index contributed by atoms with van der Waals surface area (Å²) >= 11 is 1.65. The highest BCUT2D eigenvalue weighted by molar-refractivity contribution is 7.07. The van der Waals surface area contributed by atoms with Crippen molar-refractivity contribution >= 4 is 17.2 Å². The Morgan fingerprint density at radius 1 is 1.30 bits per heavy atom. The van der Waals surface area contributed by atoms with E-state index in [9.17, 15) is 4.79 Å². The van der Waals surface area contributed by atoms with Gasteiger partial charge in [0.15, 0.2) is 0 Å². The zero-order valence-corrected chi connectivity index (χ0v) is 13.9. The lowest BCUT2D eigenvalue weighted by Gasteiger charge is -2.36. The molecule has 7 heteroatoms. The third-order valence-corrected chi connectivity index (χ3v) is 5.49. The summed E-state index contributed by atoms with van der Waals surface area (Å²) in [4.78, 5) is 25.7. The Bertz CT molecular complexity index is 641. The van der Waals surface area contributed by atoms with Crippen LogP contribution >= 0.6 is 11.3 Å². The van der Waals surface area contributed by atoms with Gasteiger partial charge in [0.1, 0.15) is 6.54 Å². The largest absolute Gasteiger partial charge is 0.337 e. The molecule has 0 aliphatic carbocycles. The van der Waals surface area contributed by atoms with E-state index < -0.39 is 0 Å². The highest BCUT2D eigenvalue weighted by atomic mass is 32.1. The first kappa shape index (κ1) is 14.8. The van der Waals surface area contributed by atoms with Gasteiger partial charge in [0.25, 0.3) is 0 Å². The van der Waals surface area contributed by atoms with Gasteiger partial charge in [-0.1, -0.05) is 0 Å². The second kappa shape index (κ2) is 6.41. The Morgan fingerprint density at radius 3 is 3.04 bits per heavy atom. The maximum absolute atomic E-state index is 12.7. The molecule has 5 heterocycles. The lowest BCUT2D eigenvalue weighted by atomic mass is 9.95. The van der Waals surface area contributed by atoms with Crippen LogP contribution in [0.3, 0.4) is 0 Å². The number of fused-ring (bicyclic) bond motifs is 4. The molecule has 0 unspecified atom stereocenters. The van der Waals surface area contributed by atoms with Crippen LogP contribution in [0.1, 0.15) is 18.5 Å². The molecule has 2 atom stereocenters. The van der Waals surface area contributed by atoms with Gasteiger partial charge in [0.05, 0.1) is 17.5 Å². The lowest BCUT2D eigenvalue weighted by molar-refractivity contribution is -0.135. The number of rotatable bonds is 4. The van der Waals surface area contributed by atoms with Crippen LogP contribution < -0.4 is 0 Å². The number of carbonyl (C=O) groups is 1. The molecular weight excluding hydrogens is 310 g/mol. The van der Waals surface area contributed by atoms with Crippen LogP contribution in [-0.2, 0) is 17.9 Å². The van der Waals surface area contributed by atoms with Gasteiger partial charge in [-0.15, -0.1) is 11.3 Å². The lowest BCUT2D eigenvalue weighted by Crippen LogP contribution is -2.48. The summed E-state index contributed by atoms with van der Waals surface area (Å²) in [6.45, 7) is 4.23. The molecule has 2 aromatic rings. The van der Waals surface area contributed by atoms with Gasteiger partial charge in [0, 0.05) is 50.0 Å². The van der Waals surface area contributed by atoms with Crippen molar-refractivity contribution in [1.29, 1.82) is 0 Å². The van der Waals surface area contributed by atoms with E-state index in [1.54, 1.807) is 23.9 Å². The zero-order chi connectivity index (χ0) is 15.6. The summed E-state index contributed by atoms with van der Waals surface area (Å²) < 4.78 is 1.86. The van der Waals surface area contributed by atoms with E-state index in [1.807, 2.05) is 16.3 Å². The summed E-state index contributed by atoms with van der Waals surface area (Å²) in [5, 5.41) is 2.12. The normalized spacial score (nSPS) is 24.8. The molecule has 0 N–H and O–H groups in total. The summed E-state index contributed by atoms with van der Waals surface area (Å²) in [5.41, 5.74) is 3.04. The molecule has 2 bridgehead atoms. The quantitative estimate of drug-likeness (QED) is 0.851. The molecule has 3 fully saturated rings. The summed E-state index contributed by atoms with van der Waals surface area (Å²) in [7, 11) is 0. The molecule has 2 aromatic heterocycles. The number of aromatic nitrogens is 3. The Balaban J connectivity index is 1.43. The number of thiazole rings is 1. The zero-order valence-electron chi connectivity index (χ0n) is 13.0. The number of piperidine rings is 1. The van der Waals surface area contributed by atoms with Crippen molar-refractivity contribution in [3.8, 4) is 0 Å². The molecule has 3 saturated heterocycles. The smallest absolute Gasteiger partial charge is 0.242 e. The molecule has 5 rings (SSSR count). The van der Waals surface area contributed by atoms with Crippen LogP contribution in [0.15, 0.2) is 29.6 Å². The van der Waals surface area contributed by atoms with Crippen molar-refractivity contribution in [3.05, 3.63) is 35.3 Å². The molecule has 23 heavy (non-hydrogen) atoms. The van der Waals surface area contributed by atoms with Crippen LogP contribution in [0.4, 0.5) is 0 Å². The van der Waals surface area contributed by atoms with E-state index in [1.165, 1.54) is 6.42 Å². The Labute approximate surface area is 139 Å². The van der Waals surface area contributed by atoms with Gasteiger partial charge in [-0.25, -0.2) is 9.97 Å². The molecule has 0 aromatic carbocycles. The van der Waals surface area contributed by atoms with Gasteiger partial charge in [-0.2, -0.15) is 0 Å². The maximum atomic E-state index is 12.7. The summed E-state index contributed by atoms with van der Waals surface area (Å²) in [6.07, 6.45) is 7.63. The monoisotopic (exact) mass is 331 g/mol. The first-order chi connectivity index (χ1) is 11.3. The van der Waals surface area contributed by atoms with Crippen molar-refractivity contribution < 1.29 is 4.79 Å². The van der Waals surface area contributed by atoms with E-state index in [0.29, 0.717) is 18.5 Å². The van der Waals surface area contributed by atoms with E-state index in [0.717, 1.165) is 38.3 Å². The molecule has 1 amide bonds. The van der Waals surface area contributed by atoms with Crippen molar-refractivity contribution in [3.63, 3.8) is 0 Å². The van der Waals surface area contributed by atoms with Crippen molar-refractivity contribution in [2.24, 2.45) is 5.92 Å². The number of amides is 1. The number of imidazole rings is 1. The second-order valence-corrected chi connectivity index (χ2v) is 7.27. The first-order valence-electron chi connectivity index (χ1n) is 8.12. The van der Waals surface area contributed by atoms with Gasteiger partial charge in [0.2, 0.25) is 5.91 Å². The standard InChI is InChI=1S/C16H21N5OS/c22-16(9-19-4-3-17-11-19)21-6-13-1-2-15(21)8-20(5-13)7-14-10-23-12-18-14/h3-4,10-13,15H,1-2,5-9H2/t13-,15+/m0/s1. The number of hydrogen-bond donors (Lipinski definition) is 0. The van der Waals surface area contributed by atoms with Crippen LogP contribution in [0, 0.1) is 5.92 Å². The van der Waals surface area contributed by atoms with E-state index in [2.05, 4.69) is 25.1 Å². The van der Waals surface area contributed by atoms with Crippen LogP contribution in [0.5, 0.6) is 0 Å². The maximum Gasteiger partial charge on any atom is 0.242 e. The number of hydrogen-bond acceptors (Lipinski definition) is 5. The van der Waals surface area contributed by atoms with Crippen molar-refractivity contribution in [1.82, 2.24) is 24.3 Å². The average Bonchev–Trinajstić information content (AvgIpc) is 3.16. The summed E-state index contributed by atoms with van der Waals surface area (Å²) in [6, 6.07) is 0.336. The third kappa shape index (κ3) is 3.30. The fourth-order valence-electron chi connectivity index (χ4n) is 3.79. The average molecular weight is 331 g/mol. The predicted molar refractivity (Wildman–Crippen MR) is 87.8 cm³/mol. The van der Waals surface area contributed by atoms with Gasteiger partial charge >= 0.3 is 0 Å². The fraction of sp³-hybridized carbons (Fsp3) is 0.562. The van der Waals surface area contributed by atoms with Gasteiger partial charge < -0.3 is 9.47 Å². The predicted octanol–water partition coefficient (Wildman–Crippen LogP) is 1.46. The van der Waals surface area contributed by atoms with E-state index in [-0.39, 0.29) is 5.91 Å². The molecular formula is C16H21N5OS. The second-order valence-electron chi connectivity index (χ2n) is 6.55. The van der Waals surface area contributed by atoms with Crippen LogP contribution in [-0.4, -0.2) is 55.9 Å². The van der Waals surface area contributed by atoms with E-state index in [4.69, 9.17) is 0 Å². The Morgan fingerprint density at radius 2 is 2.26 bits per heavy atom. The molecule has 3 aliphatic rings. The first-order valence-corrected chi connectivity index (χ1v) is 9.07. The minimum absolute atomic E-state index is 0.216. The Hall–Kier alpha value is -1.73. The van der Waals surface area contributed by atoms with Crippen LogP contribution in [0.25, 0.3) is 0 Å². The van der Waals surface area contributed by atoms with Crippen LogP contribution in [0.2, 0.25) is 0 Å². The Kier molecular flexibility index (Phi) is 4.13. The SMILES string of the molecule is O=C(Cn1ccnc1)N1C[C@H]2CC[C@@H]1CN(Cc1cscn1)C2. The number of carbonyl (C=O) groups excluding carboxylic acids is 1.